The van der Waals surface area contributed by atoms with Crippen molar-refractivity contribution in [3.8, 4) is 16.9 Å². The molecule has 0 radical (unpaired) electrons. The Hall–Kier alpha value is -2.89. The number of aromatic nitrogens is 4. The van der Waals surface area contributed by atoms with Crippen molar-refractivity contribution in [3.05, 3.63) is 60.6 Å². The van der Waals surface area contributed by atoms with Crippen molar-refractivity contribution in [1.82, 2.24) is 19.7 Å². The van der Waals surface area contributed by atoms with Crippen LogP contribution in [0.25, 0.3) is 16.9 Å². The molecule has 0 unspecified atom stereocenters. The molecule has 0 bridgehead atoms. The van der Waals surface area contributed by atoms with E-state index in [0.717, 1.165) is 11.8 Å². The highest BCUT2D eigenvalue weighted by Gasteiger charge is 2.06. The summed E-state index contributed by atoms with van der Waals surface area (Å²) in [5.74, 6) is -0.430. The highest BCUT2D eigenvalue weighted by molar-refractivity contribution is 5.73. The molecule has 0 N–H and O–H groups in total. The molecule has 3 rings (SSSR count). The molecule has 0 saturated carbocycles. The van der Waals surface area contributed by atoms with Gasteiger partial charge in [0.25, 0.3) is 0 Å². The van der Waals surface area contributed by atoms with E-state index < -0.39 is 5.82 Å². The molecule has 0 spiro atoms. The van der Waals surface area contributed by atoms with E-state index in [2.05, 4.69) is 15.1 Å². The van der Waals surface area contributed by atoms with Gasteiger partial charge in [-0.1, -0.05) is 6.07 Å². The zero-order chi connectivity index (χ0) is 13.9. The maximum atomic E-state index is 13.1. The first-order valence-electron chi connectivity index (χ1n) is 5.84. The molecule has 0 saturated heterocycles. The number of pyridine rings is 2. The molecule has 0 aliphatic carbocycles. The van der Waals surface area contributed by atoms with E-state index >= 15 is 0 Å². The minimum Gasteiger partial charge on any atom is -0.296 e. The van der Waals surface area contributed by atoms with Crippen LogP contribution in [0, 0.1) is 5.82 Å². The third kappa shape index (κ3) is 2.31. The topological polar surface area (TPSA) is 60.7 Å². The van der Waals surface area contributed by atoms with Crippen molar-refractivity contribution in [2.75, 3.05) is 0 Å². The summed E-state index contributed by atoms with van der Waals surface area (Å²) in [7, 11) is 0. The van der Waals surface area contributed by atoms with Gasteiger partial charge in [-0.15, -0.1) is 0 Å². The van der Waals surface area contributed by atoms with E-state index in [9.17, 15) is 9.18 Å². The smallest absolute Gasteiger partial charge is 0.168 e. The Morgan fingerprint density at radius 1 is 1.20 bits per heavy atom. The zero-order valence-corrected chi connectivity index (χ0v) is 10.3. The SMILES string of the molecule is O=Cc1cccc(-c2cnn(-c3cncc(F)c3)c2)n1. The average molecular weight is 268 g/mol. The summed E-state index contributed by atoms with van der Waals surface area (Å²) in [6.07, 6.45) is 6.62. The first kappa shape index (κ1) is 12.2. The Morgan fingerprint density at radius 3 is 2.90 bits per heavy atom. The fourth-order valence-electron chi connectivity index (χ4n) is 1.80. The van der Waals surface area contributed by atoms with Crippen molar-refractivity contribution in [1.29, 1.82) is 0 Å². The summed E-state index contributed by atoms with van der Waals surface area (Å²) in [6, 6.07) is 6.47. The second-order valence-corrected chi connectivity index (χ2v) is 4.10. The maximum Gasteiger partial charge on any atom is 0.168 e. The Balaban J connectivity index is 1.99. The second kappa shape index (κ2) is 5.00. The molecule has 98 valence electrons. The number of nitrogens with zero attached hydrogens (tertiary/aromatic N) is 4. The number of carbonyl (C=O) groups excluding carboxylic acids is 1. The number of halogens is 1. The fraction of sp³-hybridized carbons (Fsp3) is 0. The van der Waals surface area contributed by atoms with Gasteiger partial charge >= 0.3 is 0 Å². The maximum absolute atomic E-state index is 13.1. The lowest BCUT2D eigenvalue weighted by atomic mass is 10.2. The second-order valence-electron chi connectivity index (χ2n) is 4.10. The van der Waals surface area contributed by atoms with Crippen molar-refractivity contribution in [2.45, 2.75) is 0 Å². The van der Waals surface area contributed by atoms with Crippen LogP contribution in [0.5, 0.6) is 0 Å². The van der Waals surface area contributed by atoms with E-state index in [0.29, 0.717) is 23.4 Å². The highest BCUT2D eigenvalue weighted by Crippen LogP contribution is 2.18. The van der Waals surface area contributed by atoms with Crippen molar-refractivity contribution < 1.29 is 9.18 Å². The Bertz CT molecular complexity index is 769. The molecule has 5 nitrogen and oxygen atoms in total. The fourth-order valence-corrected chi connectivity index (χ4v) is 1.80. The van der Waals surface area contributed by atoms with E-state index in [-0.39, 0.29) is 0 Å². The molecule has 3 aromatic heterocycles. The summed E-state index contributed by atoms with van der Waals surface area (Å²) in [4.78, 5) is 18.7. The van der Waals surface area contributed by atoms with Crippen molar-refractivity contribution >= 4 is 6.29 Å². The van der Waals surface area contributed by atoms with Crippen LogP contribution in [-0.4, -0.2) is 26.0 Å². The number of hydrogen-bond donors (Lipinski definition) is 0. The summed E-state index contributed by atoms with van der Waals surface area (Å²) in [5.41, 5.74) is 2.23. The predicted octanol–water partition coefficient (Wildman–Crippen LogP) is 2.28. The first-order valence-corrected chi connectivity index (χ1v) is 5.84. The van der Waals surface area contributed by atoms with Crippen LogP contribution in [0.1, 0.15) is 10.5 Å². The summed E-state index contributed by atoms with van der Waals surface area (Å²) in [6.45, 7) is 0. The molecule has 6 heteroatoms. The van der Waals surface area contributed by atoms with E-state index in [1.165, 1.54) is 16.9 Å². The van der Waals surface area contributed by atoms with Gasteiger partial charge in [-0.3, -0.25) is 9.78 Å². The van der Waals surface area contributed by atoms with Gasteiger partial charge in [0.2, 0.25) is 0 Å². The van der Waals surface area contributed by atoms with Gasteiger partial charge in [0.15, 0.2) is 6.29 Å². The molecule has 0 aromatic carbocycles. The predicted molar refractivity (Wildman–Crippen MR) is 69.9 cm³/mol. The van der Waals surface area contributed by atoms with Gasteiger partial charge in [0.05, 0.1) is 30.0 Å². The van der Waals surface area contributed by atoms with Crippen LogP contribution >= 0.6 is 0 Å². The lowest BCUT2D eigenvalue weighted by Gasteiger charge is -2.00. The van der Waals surface area contributed by atoms with Gasteiger partial charge in [-0.2, -0.15) is 5.10 Å². The molecular weight excluding hydrogens is 259 g/mol. The van der Waals surface area contributed by atoms with Crippen molar-refractivity contribution in [3.63, 3.8) is 0 Å². The molecule has 20 heavy (non-hydrogen) atoms. The van der Waals surface area contributed by atoms with Gasteiger partial charge in [0.1, 0.15) is 11.5 Å². The Kier molecular flexibility index (Phi) is 3.04. The van der Waals surface area contributed by atoms with Crippen LogP contribution in [0.2, 0.25) is 0 Å². The molecule has 0 atom stereocenters. The van der Waals surface area contributed by atoms with Gasteiger partial charge in [0, 0.05) is 17.8 Å². The Morgan fingerprint density at radius 2 is 2.10 bits per heavy atom. The number of hydrogen-bond acceptors (Lipinski definition) is 4. The molecule has 0 fully saturated rings. The molecule has 0 aliphatic heterocycles. The summed E-state index contributed by atoms with van der Waals surface area (Å²) < 4.78 is 14.6. The normalized spacial score (nSPS) is 10.4. The average Bonchev–Trinajstić information content (AvgIpc) is 2.97. The quantitative estimate of drug-likeness (QED) is 0.684. The first-order chi connectivity index (χ1) is 9.76. The Labute approximate surface area is 113 Å². The lowest BCUT2D eigenvalue weighted by molar-refractivity contribution is 0.111. The lowest BCUT2D eigenvalue weighted by Crippen LogP contribution is -1.95. The van der Waals surface area contributed by atoms with Crippen LogP contribution < -0.4 is 0 Å². The summed E-state index contributed by atoms with van der Waals surface area (Å²) >= 11 is 0. The third-order valence-electron chi connectivity index (χ3n) is 2.72. The molecule has 0 amide bonds. The summed E-state index contributed by atoms with van der Waals surface area (Å²) in [5, 5.41) is 4.14. The highest BCUT2D eigenvalue weighted by atomic mass is 19.1. The zero-order valence-electron chi connectivity index (χ0n) is 10.3. The standard InChI is InChI=1S/C14H9FN4O/c15-11-4-13(7-16-6-11)19-8-10(5-17-19)14-3-1-2-12(9-20)18-14/h1-9H. The number of rotatable bonds is 3. The van der Waals surface area contributed by atoms with Gasteiger partial charge in [-0.25, -0.2) is 14.1 Å². The molecule has 3 heterocycles. The minimum absolute atomic E-state index is 0.350. The van der Waals surface area contributed by atoms with Crippen LogP contribution in [0.3, 0.4) is 0 Å². The van der Waals surface area contributed by atoms with Crippen LogP contribution in [0.4, 0.5) is 4.39 Å². The van der Waals surface area contributed by atoms with Gasteiger partial charge < -0.3 is 0 Å². The monoisotopic (exact) mass is 268 g/mol. The van der Waals surface area contributed by atoms with Crippen molar-refractivity contribution in [2.24, 2.45) is 0 Å². The van der Waals surface area contributed by atoms with E-state index in [1.54, 1.807) is 30.6 Å². The van der Waals surface area contributed by atoms with Crippen LogP contribution in [0.15, 0.2) is 49.1 Å². The molecular formula is C14H9FN4O. The number of aldehydes is 1. The largest absolute Gasteiger partial charge is 0.296 e. The molecule has 0 aliphatic rings. The van der Waals surface area contributed by atoms with E-state index in [4.69, 9.17) is 0 Å². The van der Waals surface area contributed by atoms with Crippen LogP contribution in [-0.2, 0) is 0 Å². The number of carbonyl (C=O) groups is 1. The minimum atomic E-state index is -0.430. The van der Waals surface area contributed by atoms with Gasteiger partial charge in [-0.05, 0) is 12.1 Å². The third-order valence-corrected chi connectivity index (χ3v) is 2.72. The molecule has 3 aromatic rings. The van der Waals surface area contributed by atoms with E-state index in [1.807, 2.05) is 0 Å².